The van der Waals surface area contributed by atoms with Gasteiger partial charge in [0.1, 0.15) is 54.4 Å². The van der Waals surface area contributed by atoms with Crippen LogP contribution in [0.3, 0.4) is 0 Å². The number of aliphatic hydroxyl groups excluding tert-OH is 2. The molecule has 2 unspecified atom stereocenters. The van der Waals surface area contributed by atoms with Gasteiger partial charge in [-0.25, -0.2) is 0 Å². The van der Waals surface area contributed by atoms with E-state index in [2.05, 4.69) is 53.2 Å². The van der Waals surface area contributed by atoms with Crippen molar-refractivity contribution in [3.63, 3.8) is 0 Å². The Morgan fingerprint density at radius 2 is 1.08 bits per heavy atom. The van der Waals surface area contributed by atoms with Crippen LogP contribution in [-0.2, 0) is 54.4 Å². The topological polar surface area (TPSA) is 462 Å². The van der Waals surface area contributed by atoms with Crippen LogP contribution in [0.4, 0.5) is 0 Å². The normalized spacial score (nSPS) is 23.1. The molecule has 1 aliphatic rings. The van der Waals surface area contributed by atoms with E-state index in [0.717, 1.165) is 25.7 Å². The number of rotatable bonds is 26. The SMILES string of the molecule is CC(C)C[C@@H]1NC(=O)[C@@H](Cc2ccccc2)NC(=O)[C@H](CCN)NC(=O)[C@@H](NC(=O)[C@H](CCN)NC(=O)[C@@H](NC(=O)CCCCCCCN)C(C)O)CCNC(=O)[C@H](C(C)O)NC(=O)[C@H](CCN)NC(=O)[C@H](CCN)NC1=O. The van der Waals surface area contributed by atoms with Gasteiger partial charge in [-0.2, -0.15) is 0 Å². The van der Waals surface area contributed by atoms with Gasteiger partial charge in [-0.3, -0.25) is 47.9 Å². The molecule has 0 saturated carbocycles. The van der Waals surface area contributed by atoms with Crippen molar-refractivity contribution >= 4 is 59.1 Å². The summed E-state index contributed by atoms with van der Waals surface area (Å²) in [5.41, 5.74) is 29.6. The summed E-state index contributed by atoms with van der Waals surface area (Å²) >= 11 is 0. The minimum Gasteiger partial charge on any atom is -0.391 e. The summed E-state index contributed by atoms with van der Waals surface area (Å²) in [6, 6.07) is -4.51. The molecule has 0 aromatic heterocycles. The molecule has 1 aromatic carbocycles. The van der Waals surface area contributed by atoms with Gasteiger partial charge in [-0.1, -0.05) is 63.4 Å². The number of hydrogen-bond donors (Lipinski definition) is 17. The number of aliphatic hydroxyl groups is 2. The van der Waals surface area contributed by atoms with Gasteiger partial charge in [0, 0.05) is 19.4 Å². The summed E-state index contributed by atoms with van der Waals surface area (Å²) in [7, 11) is 0. The van der Waals surface area contributed by atoms with Crippen LogP contribution in [-0.4, -0.2) is 175 Å². The highest BCUT2D eigenvalue weighted by molar-refractivity contribution is 5.99. The maximum Gasteiger partial charge on any atom is 0.245 e. The smallest absolute Gasteiger partial charge is 0.245 e. The lowest BCUT2D eigenvalue weighted by Crippen LogP contribution is -2.61. The lowest BCUT2D eigenvalue weighted by Gasteiger charge is -2.28. The van der Waals surface area contributed by atoms with Crippen LogP contribution in [0.5, 0.6) is 0 Å². The molecule has 1 saturated heterocycles. The second kappa shape index (κ2) is 36.7. The van der Waals surface area contributed by atoms with Gasteiger partial charge in [0.25, 0.3) is 0 Å². The molecule has 22 N–H and O–H groups in total. The number of nitrogens with one attached hydrogen (secondary N) is 10. The van der Waals surface area contributed by atoms with Gasteiger partial charge in [0.2, 0.25) is 59.1 Å². The molecule has 1 fully saturated rings. The van der Waals surface area contributed by atoms with Crippen molar-refractivity contribution in [1.82, 2.24) is 53.2 Å². The average molecular weight is 1100 g/mol. The number of nitrogens with two attached hydrogens (primary N) is 5. The largest absolute Gasteiger partial charge is 0.391 e. The minimum atomic E-state index is -1.66. The summed E-state index contributed by atoms with van der Waals surface area (Å²) in [6.45, 7) is 5.63. The summed E-state index contributed by atoms with van der Waals surface area (Å²) in [6.07, 6.45) is -0.165. The maximum atomic E-state index is 14.4. The first kappa shape index (κ1) is 67.7. The Bertz CT molecular complexity index is 2090. The van der Waals surface area contributed by atoms with Crippen molar-refractivity contribution in [3.05, 3.63) is 35.9 Å². The predicted octanol–water partition coefficient (Wildman–Crippen LogP) is -5.39. The molecule has 0 spiro atoms. The van der Waals surface area contributed by atoms with E-state index in [0.29, 0.717) is 18.5 Å². The highest BCUT2D eigenvalue weighted by Crippen LogP contribution is 2.12. The minimum absolute atomic E-state index is 0.0601. The van der Waals surface area contributed by atoms with Crippen LogP contribution in [0.2, 0.25) is 0 Å². The summed E-state index contributed by atoms with van der Waals surface area (Å²) in [5.74, 6) is -8.86. The molecule has 27 heteroatoms. The van der Waals surface area contributed by atoms with E-state index in [-0.39, 0.29) is 77.0 Å². The lowest BCUT2D eigenvalue weighted by molar-refractivity contribution is -0.136. The molecule has 0 aliphatic carbocycles. The predicted molar refractivity (Wildman–Crippen MR) is 289 cm³/mol. The standard InChI is InChI=1S/C51H89N15O12/c1-29(2)27-38-48(75)60-33(16-22-53)43(70)59-36(19-25-56)47(74)66-41(30(3)67)50(77)57-26-20-37(46(73)58-34(17-23-54)45(72)64-39(49(76)63-38)28-32-13-9-8-10-14-32)61-44(71)35(18-24-55)62-51(78)42(31(4)68)65-40(69)15-11-6-5-7-12-21-52/h8-10,13-14,29-31,33-39,41-42,67-68H,5-7,11-12,15-28,52-56H2,1-4H3,(H,57,77)(H,58,73)(H,59,70)(H,60,75)(H,61,71)(H,62,78)(H,63,76)(H,64,72)(H,65,69)(H,66,74)/t30?,31?,33-,34-,35-,36-,37-,38-,39+,41-,42-/m0/s1. The molecule has 1 aliphatic heterocycles. The van der Waals surface area contributed by atoms with Gasteiger partial charge < -0.3 is 92.0 Å². The van der Waals surface area contributed by atoms with E-state index in [1.54, 1.807) is 44.2 Å². The first-order chi connectivity index (χ1) is 37.1. The Labute approximate surface area is 456 Å². The zero-order valence-electron chi connectivity index (χ0n) is 45.6. The number of carbonyl (C=O) groups is 10. The van der Waals surface area contributed by atoms with Gasteiger partial charge in [-0.15, -0.1) is 0 Å². The zero-order valence-corrected chi connectivity index (χ0v) is 45.6. The van der Waals surface area contributed by atoms with E-state index in [1.807, 2.05) is 0 Å². The molecular weight excluding hydrogens is 1010 g/mol. The van der Waals surface area contributed by atoms with Gasteiger partial charge in [0.05, 0.1) is 12.2 Å². The van der Waals surface area contributed by atoms with Crippen molar-refractivity contribution in [3.8, 4) is 0 Å². The van der Waals surface area contributed by atoms with Gasteiger partial charge in [0.15, 0.2) is 0 Å². The first-order valence-electron chi connectivity index (χ1n) is 27.0. The highest BCUT2D eigenvalue weighted by atomic mass is 16.3. The zero-order chi connectivity index (χ0) is 58.3. The Morgan fingerprint density at radius 1 is 0.577 bits per heavy atom. The van der Waals surface area contributed by atoms with Crippen LogP contribution in [0, 0.1) is 5.92 Å². The average Bonchev–Trinajstić information content (AvgIpc) is 3.38. The number of carbonyl (C=O) groups excluding carboxylic acids is 10. The second-order valence-electron chi connectivity index (χ2n) is 20.0. The summed E-state index contributed by atoms with van der Waals surface area (Å²) in [4.78, 5) is 139. The van der Waals surface area contributed by atoms with Gasteiger partial charge in [-0.05, 0) is 109 Å². The summed E-state index contributed by atoms with van der Waals surface area (Å²) < 4.78 is 0. The first-order valence-corrected chi connectivity index (χ1v) is 27.0. The van der Waals surface area contributed by atoms with Crippen LogP contribution in [0.25, 0.3) is 0 Å². The Morgan fingerprint density at radius 3 is 1.60 bits per heavy atom. The second-order valence-corrected chi connectivity index (χ2v) is 20.0. The van der Waals surface area contributed by atoms with E-state index >= 15 is 0 Å². The van der Waals surface area contributed by atoms with Crippen LogP contribution in [0.1, 0.15) is 110 Å². The number of benzene rings is 1. The van der Waals surface area contributed by atoms with Crippen molar-refractivity contribution in [2.75, 3.05) is 39.3 Å². The Hall–Kier alpha value is -6.36. The van der Waals surface area contributed by atoms with Crippen LogP contribution in [0.15, 0.2) is 30.3 Å². The molecule has 10 amide bonds. The van der Waals surface area contributed by atoms with Crippen molar-refractivity contribution in [1.29, 1.82) is 0 Å². The van der Waals surface area contributed by atoms with Crippen molar-refractivity contribution in [2.45, 2.75) is 178 Å². The fourth-order valence-electron chi connectivity index (χ4n) is 8.39. The molecule has 27 nitrogen and oxygen atoms in total. The Kier molecular flexibility index (Phi) is 31.9. The fourth-order valence-corrected chi connectivity index (χ4v) is 8.39. The highest BCUT2D eigenvalue weighted by Gasteiger charge is 2.37. The Balaban J connectivity index is 2.68. The number of amides is 10. The summed E-state index contributed by atoms with van der Waals surface area (Å²) in [5, 5.41) is 46.9. The molecule has 0 radical (unpaired) electrons. The lowest BCUT2D eigenvalue weighted by atomic mass is 10.00. The van der Waals surface area contributed by atoms with Crippen molar-refractivity contribution < 1.29 is 58.2 Å². The van der Waals surface area contributed by atoms with E-state index < -0.39 is 139 Å². The number of unbranched alkanes of at least 4 members (excludes halogenated alkanes) is 4. The quantitative estimate of drug-likeness (QED) is 0.0385. The van der Waals surface area contributed by atoms with Crippen molar-refractivity contribution in [2.24, 2.45) is 34.6 Å². The third-order valence-corrected chi connectivity index (χ3v) is 12.7. The third kappa shape index (κ3) is 24.5. The molecule has 0 bridgehead atoms. The monoisotopic (exact) mass is 1100 g/mol. The molecule has 440 valence electrons. The molecule has 1 aromatic rings. The van der Waals surface area contributed by atoms with E-state index in [9.17, 15) is 58.2 Å². The van der Waals surface area contributed by atoms with E-state index in [4.69, 9.17) is 28.7 Å². The molecular formula is C51H89N15O12. The number of hydrogen-bond acceptors (Lipinski definition) is 17. The molecule has 78 heavy (non-hydrogen) atoms. The van der Waals surface area contributed by atoms with Gasteiger partial charge >= 0.3 is 0 Å². The van der Waals surface area contributed by atoms with Crippen LogP contribution < -0.4 is 81.8 Å². The molecule has 11 atom stereocenters. The maximum absolute atomic E-state index is 14.4. The third-order valence-electron chi connectivity index (χ3n) is 12.7. The van der Waals surface area contributed by atoms with E-state index in [1.165, 1.54) is 13.8 Å². The van der Waals surface area contributed by atoms with Crippen LogP contribution >= 0.6 is 0 Å². The fraction of sp³-hybridized carbons (Fsp3) is 0.686. The molecule has 1 heterocycles. The molecule has 2 rings (SSSR count).